The zero-order chi connectivity index (χ0) is 10.8. The molecule has 1 aromatic rings. The summed E-state index contributed by atoms with van der Waals surface area (Å²) in [7, 11) is 0. The highest BCUT2D eigenvalue weighted by Gasteiger charge is 2.22. The predicted molar refractivity (Wildman–Crippen MR) is 60.7 cm³/mol. The molecule has 0 spiro atoms. The molecule has 0 aliphatic carbocycles. The number of imidazole rings is 1. The Hall–Kier alpha value is -0.790. The minimum absolute atomic E-state index is 0.178. The number of nitrogens with zero attached hydrogens (tertiary/aromatic N) is 1. The lowest BCUT2D eigenvalue weighted by molar-refractivity contribution is 0.476. The summed E-state index contributed by atoms with van der Waals surface area (Å²) in [5.74, 6) is 1.15. The van der Waals surface area contributed by atoms with E-state index < -0.39 is 0 Å². The molecule has 14 heavy (non-hydrogen) atoms. The third-order valence-corrected chi connectivity index (χ3v) is 3.08. The van der Waals surface area contributed by atoms with E-state index in [1.807, 2.05) is 0 Å². The van der Waals surface area contributed by atoms with Gasteiger partial charge in [-0.15, -0.1) is 0 Å². The van der Waals surface area contributed by atoms with Gasteiger partial charge in [0, 0.05) is 11.1 Å². The van der Waals surface area contributed by atoms with Crippen molar-refractivity contribution >= 4 is 0 Å². The van der Waals surface area contributed by atoms with Crippen LogP contribution < -0.4 is 0 Å². The molecule has 0 radical (unpaired) electrons. The van der Waals surface area contributed by atoms with Crippen LogP contribution in [-0.2, 0) is 18.3 Å². The molecule has 0 aliphatic heterocycles. The third-order valence-electron chi connectivity index (χ3n) is 3.08. The van der Waals surface area contributed by atoms with E-state index in [1.165, 1.54) is 11.4 Å². The van der Waals surface area contributed by atoms with E-state index in [-0.39, 0.29) is 5.41 Å². The number of aryl methyl sites for hydroxylation is 2. The molecule has 0 aliphatic rings. The zero-order valence-corrected chi connectivity index (χ0v) is 10.1. The molecule has 1 heterocycles. The first-order valence-corrected chi connectivity index (χ1v) is 5.63. The Morgan fingerprint density at radius 2 is 1.79 bits per heavy atom. The van der Waals surface area contributed by atoms with Gasteiger partial charge in [-0.1, -0.05) is 34.6 Å². The maximum absolute atomic E-state index is 4.69. The van der Waals surface area contributed by atoms with E-state index in [0.717, 1.165) is 25.1 Å². The van der Waals surface area contributed by atoms with Gasteiger partial charge in [0.05, 0.1) is 5.69 Å². The molecule has 1 aromatic heterocycles. The summed E-state index contributed by atoms with van der Waals surface area (Å²) in [4.78, 5) is 8.15. The summed E-state index contributed by atoms with van der Waals surface area (Å²) in [5, 5.41) is 0. The first-order chi connectivity index (χ1) is 6.55. The normalized spacial score (nSPS) is 12.1. The molecular formula is C12H22N2. The van der Waals surface area contributed by atoms with Crippen molar-refractivity contribution in [1.29, 1.82) is 0 Å². The Kier molecular flexibility index (Phi) is 3.35. The fraction of sp³-hybridized carbons (Fsp3) is 0.750. The van der Waals surface area contributed by atoms with Gasteiger partial charge in [-0.05, 0) is 19.3 Å². The fourth-order valence-corrected chi connectivity index (χ4v) is 1.52. The van der Waals surface area contributed by atoms with Gasteiger partial charge >= 0.3 is 0 Å². The molecule has 0 saturated heterocycles. The van der Waals surface area contributed by atoms with E-state index in [4.69, 9.17) is 0 Å². The summed E-state index contributed by atoms with van der Waals surface area (Å²) in [5.41, 5.74) is 2.73. The highest BCUT2D eigenvalue weighted by atomic mass is 15.0. The SMILES string of the molecule is CCc1nc(C(C)(C)CC)[nH]c1CC. The molecule has 1 rings (SSSR count). The monoisotopic (exact) mass is 194 g/mol. The molecule has 0 unspecified atom stereocenters. The molecule has 80 valence electrons. The predicted octanol–water partition coefficient (Wildman–Crippen LogP) is 3.22. The Morgan fingerprint density at radius 1 is 1.14 bits per heavy atom. The summed E-state index contributed by atoms with van der Waals surface area (Å²) >= 11 is 0. The molecule has 0 saturated carbocycles. The topological polar surface area (TPSA) is 28.7 Å². The summed E-state index contributed by atoms with van der Waals surface area (Å²) in [6.07, 6.45) is 3.20. The molecule has 1 N–H and O–H groups in total. The quantitative estimate of drug-likeness (QED) is 0.783. The first kappa shape index (κ1) is 11.3. The maximum atomic E-state index is 4.69. The van der Waals surface area contributed by atoms with E-state index in [9.17, 15) is 0 Å². The maximum Gasteiger partial charge on any atom is 0.112 e. The van der Waals surface area contributed by atoms with Gasteiger partial charge in [-0.3, -0.25) is 0 Å². The largest absolute Gasteiger partial charge is 0.345 e. The minimum atomic E-state index is 0.178. The molecule has 0 aromatic carbocycles. The van der Waals surface area contributed by atoms with Crippen molar-refractivity contribution in [3.8, 4) is 0 Å². The van der Waals surface area contributed by atoms with Gasteiger partial charge in [-0.2, -0.15) is 0 Å². The zero-order valence-electron chi connectivity index (χ0n) is 10.1. The van der Waals surface area contributed by atoms with Crippen LogP contribution in [-0.4, -0.2) is 9.97 Å². The average Bonchev–Trinajstić information content (AvgIpc) is 2.61. The second kappa shape index (κ2) is 4.16. The average molecular weight is 194 g/mol. The molecule has 2 heteroatoms. The van der Waals surface area contributed by atoms with Gasteiger partial charge in [0.1, 0.15) is 5.82 Å². The number of hydrogen-bond acceptors (Lipinski definition) is 1. The van der Waals surface area contributed by atoms with Crippen LogP contribution in [0.2, 0.25) is 0 Å². The summed E-state index contributed by atoms with van der Waals surface area (Å²) in [6.45, 7) is 11.0. The van der Waals surface area contributed by atoms with Crippen molar-refractivity contribution in [3.05, 3.63) is 17.2 Å². The Morgan fingerprint density at radius 3 is 2.14 bits per heavy atom. The Bertz CT molecular complexity index is 276. The Labute approximate surface area is 87.1 Å². The minimum Gasteiger partial charge on any atom is -0.345 e. The van der Waals surface area contributed by atoms with Crippen molar-refractivity contribution < 1.29 is 0 Å². The van der Waals surface area contributed by atoms with Gasteiger partial charge in [0.2, 0.25) is 0 Å². The van der Waals surface area contributed by atoms with E-state index in [2.05, 4.69) is 44.6 Å². The van der Waals surface area contributed by atoms with Crippen LogP contribution in [0.1, 0.15) is 58.3 Å². The molecule has 0 fully saturated rings. The molecule has 0 amide bonds. The number of aromatic amines is 1. The summed E-state index contributed by atoms with van der Waals surface area (Å²) in [6, 6.07) is 0. The van der Waals surface area contributed by atoms with Gasteiger partial charge in [0.15, 0.2) is 0 Å². The molecule has 0 bridgehead atoms. The Balaban J connectivity index is 3.06. The number of aromatic nitrogens is 2. The fourth-order valence-electron chi connectivity index (χ4n) is 1.52. The van der Waals surface area contributed by atoms with Crippen LogP contribution in [0.15, 0.2) is 0 Å². The highest BCUT2D eigenvalue weighted by Crippen LogP contribution is 2.25. The number of rotatable bonds is 4. The van der Waals surface area contributed by atoms with Crippen molar-refractivity contribution in [3.63, 3.8) is 0 Å². The van der Waals surface area contributed by atoms with Crippen molar-refractivity contribution in [1.82, 2.24) is 9.97 Å². The van der Waals surface area contributed by atoms with Gasteiger partial charge in [0.25, 0.3) is 0 Å². The van der Waals surface area contributed by atoms with Gasteiger partial charge < -0.3 is 4.98 Å². The van der Waals surface area contributed by atoms with Crippen molar-refractivity contribution in [2.24, 2.45) is 0 Å². The first-order valence-electron chi connectivity index (χ1n) is 5.63. The van der Waals surface area contributed by atoms with E-state index in [1.54, 1.807) is 0 Å². The summed E-state index contributed by atoms with van der Waals surface area (Å²) < 4.78 is 0. The van der Waals surface area contributed by atoms with E-state index in [0.29, 0.717) is 0 Å². The molecule has 2 nitrogen and oxygen atoms in total. The smallest absolute Gasteiger partial charge is 0.112 e. The number of nitrogens with one attached hydrogen (secondary N) is 1. The van der Waals surface area contributed by atoms with Crippen LogP contribution >= 0.6 is 0 Å². The van der Waals surface area contributed by atoms with Crippen molar-refractivity contribution in [2.45, 2.75) is 59.3 Å². The number of hydrogen-bond donors (Lipinski definition) is 1. The van der Waals surface area contributed by atoms with Crippen LogP contribution in [0.3, 0.4) is 0 Å². The second-order valence-electron chi connectivity index (χ2n) is 4.46. The standard InChI is InChI=1S/C12H22N2/c1-6-9-10(7-2)14-11(13-9)12(4,5)8-3/h6-8H2,1-5H3,(H,13,14). The van der Waals surface area contributed by atoms with Gasteiger partial charge in [-0.25, -0.2) is 4.98 Å². The third kappa shape index (κ3) is 1.99. The van der Waals surface area contributed by atoms with Crippen molar-refractivity contribution in [2.75, 3.05) is 0 Å². The van der Waals surface area contributed by atoms with Crippen LogP contribution in [0.5, 0.6) is 0 Å². The molecular weight excluding hydrogens is 172 g/mol. The lowest BCUT2D eigenvalue weighted by atomic mass is 9.89. The lowest BCUT2D eigenvalue weighted by Crippen LogP contribution is -2.17. The second-order valence-corrected chi connectivity index (χ2v) is 4.46. The molecule has 0 atom stereocenters. The van der Waals surface area contributed by atoms with Crippen LogP contribution in [0, 0.1) is 0 Å². The highest BCUT2D eigenvalue weighted by molar-refractivity contribution is 5.18. The lowest BCUT2D eigenvalue weighted by Gasteiger charge is -2.19. The van der Waals surface area contributed by atoms with Crippen LogP contribution in [0.25, 0.3) is 0 Å². The van der Waals surface area contributed by atoms with Crippen LogP contribution in [0.4, 0.5) is 0 Å². The number of H-pyrrole nitrogens is 1. The van der Waals surface area contributed by atoms with E-state index >= 15 is 0 Å².